The second-order valence-electron chi connectivity index (χ2n) is 7.74. The van der Waals surface area contributed by atoms with Gasteiger partial charge in [-0.1, -0.05) is 30.3 Å². The number of carbonyl (C=O) groups is 2. The molecular weight excluding hydrogens is 369 g/mol. The van der Waals surface area contributed by atoms with Crippen molar-refractivity contribution in [2.45, 2.75) is 18.9 Å². The average molecular weight is 395 g/mol. The number of likely N-dealkylation sites (tertiary alicyclic amines) is 1. The molecule has 0 bridgehead atoms. The summed E-state index contributed by atoms with van der Waals surface area (Å²) < 4.78 is 13.1. The number of carbonyl (C=O) groups excluding carboxylic acids is 2. The first kappa shape index (κ1) is 19.6. The number of amides is 1. The molecule has 152 valence electrons. The lowest BCUT2D eigenvalue weighted by atomic mass is 10.0. The van der Waals surface area contributed by atoms with Crippen LogP contribution in [0.3, 0.4) is 0 Å². The lowest BCUT2D eigenvalue weighted by molar-refractivity contribution is -0.128. The molecule has 6 heteroatoms. The minimum absolute atomic E-state index is 0.218. The fraction of sp³-hybridized carbons (Fsp3) is 0.391. The standard InChI is InChI=1S/C23H26FN3O2/c24-19-8-10-20(11-9-19)25-13-15-26(16-14-25)21-7-4-12-27(17-21)23(29)22(28)18-5-2-1-3-6-18/h1-3,5-6,8-11,21H,4,7,12-17H2/t21-/m1/s1. The first-order valence-electron chi connectivity index (χ1n) is 10.2. The molecule has 29 heavy (non-hydrogen) atoms. The van der Waals surface area contributed by atoms with Gasteiger partial charge in [-0.3, -0.25) is 14.5 Å². The first-order chi connectivity index (χ1) is 14.1. The molecule has 2 aliphatic heterocycles. The summed E-state index contributed by atoms with van der Waals surface area (Å²) in [6.45, 7) is 4.79. The van der Waals surface area contributed by atoms with Gasteiger partial charge in [-0.25, -0.2) is 4.39 Å². The highest BCUT2D eigenvalue weighted by atomic mass is 19.1. The van der Waals surface area contributed by atoms with Crippen LogP contribution in [0.2, 0.25) is 0 Å². The van der Waals surface area contributed by atoms with Gasteiger partial charge in [0.1, 0.15) is 5.82 Å². The molecule has 2 saturated heterocycles. The van der Waals surface area contributed by atoms with Crippen molar-refractivity contribution in [3.63, 3.8) is 0 Å². The Morgan fingerprint density at radius 3 is 2.24 bits per heavy atom. The summed E-state index contributed by atoms with van der Waals surface area (Å²) in [7, 11) is 0. The molecule has 2 heterocycles. The maximum atomic E-state index is 13.1. The monoisotopic (exact) mass is 395 g/mol. The van der Waals surface area contributed by atoms with Crippen LogP contribution < -0.4 is 4.90 Å². The van der Waals surface area contributed by atoms with E-state index in [0.29, 0.717) is 18.7 Å². The Hall–Kier alpha value is -2.73. The lowest BCUT2D eigenvalue weighted by Crippen LogP contribution is -2.56. The molecule has 2 fully saturated rings. The number of hydrogen-bond acceptors (Lipinski definition) is 4. The van der Waals surface area contributed by atoms with E-state index in [1.54, 1.807) is 29.2 Å². The number of hydrogen-bond donors (Lipinski definition) is 0. The summed E-state index contributed by atoms with van der Waals surface area (Å²) in [4.78, 5) is 31.6. The predicted octanol–water partition coefficient (Wildman–Crippen LogP) is 2.82. The third kappa shape index (κ3) is 4.48. The Labute approximate surface area is 170 Å². The van der Waals surface area contributed by atoms with Gasteiger partial charge in [-0.05, 0) is 37.1 Å². The molecule has 2 aromatic rings. The SMILES string of the molecule is O=C(C(=O)N1CCC[C@@H](N2CCN(c3ccc(F)cc3)CC2)C1)c1ccccc1. The second kappa shape index (κ2) is 8.74. The number of piperidine rings is 1. The molecule has 5 nitrogen and oxygen atoms in total. The van der Waals surface area contributed by atoms with E-state index in [2.05, 4.69) is 9.80 Å². The molecule has 0 aliphatic carbocycles. The van der Waals surface area contributed by atoms with Crippen LogP contribution in [-0.2, 0) is 4.79 Å². The van der Waals surface area contributed by atoms with E-state index < -0.39 is 11.7 Å². The molecule has 0 saturated carbocycles. The number of piperazine rings is 1. The van der Waals surface area contributed by atoms with E-state index in [-0.39, 0.29) is 11.9 Å². The van der Waals surface area contributed by atoms with E-state index in [1.807, 2.05) is 18.2 Å². The summed E-state index contributed by atoms with van der Waals surface area (Å²) in [6, 6.07) is 15.7. The summed E-state index contributed by atoms with van der Waals surface area (Å²) in [5.74, 6) is -1.04. The lowest BCUT2D eigenvalue weighted by Gasteiger charge is -2.43. The van der Waals surface area contributed by atoms with E-state index >= 15 is 0 Å². The van der Waals surface area contributed by atoms with Crippen LogP contribution in [0.5, 0.6) is 0 Å². The quantitative estimate of drug-likeness (QED) is 0.590. The minimum atomic E-state index is -0.424. The van der Waals surface area contributed by atoms with Gasteiger partial charge in [-0.15, -0.1) is 0 Å². The molecule has 1 atom stereocenters. The van der Waals surface area contributed by atoms with Crippen LogP contribution in [0.25, 0.3) is 0 Å². The van der Waals surface area contributed by atoms with Gasteiger partial charge in [0.2, 0.25) is 5.78 Å². The highest BCUT2D eigenvalue weighted by Crippen LogP contribution is 2.22. The molecule has 0 aromatic heterocycles. The third-order valence-electron chi connectivity index (χ3n) is 5.94. The highest BCUT2D eigenvalue weighted by Gasteiger charge is 2.32. The Balaban J connectivity index is 1.34. The second-order valence-corrected chi connectivity index (χ2v) is 7.74. The number of anilines is 1. The van der Waals surface area contributed by atoms with Crippen LogP contribution in [0.4, 0.5) is 10.1 Å². The van der Waals surface area contributed by atoms with Crippen molar-refractivity contribution >= 4 is 17.4 Å². The van der Waals surface area contributed by atoms with Crippen molar-refractivity contribution in [2.24, 2.45) is 0 Å². The smallest absolute Gasteiger partial charge is 0.295 e. The number of benzene rings is 2. The number of Topliss-reactive ketones (excluding diaryl/α,β-unsaturated/α-hetero) is 1. The largest absolute Gasteiger partial charge is 0.369 e. The van der Waals surface area contributed by atoms with Crippen LogP contribution in [-0.4, -0.2) is 66.8 Å². The molecule has 0 radical (unpaired) electrons. The Kier molecular flexibility index (Phi) is 5.90. The molecule has 2 aromatic carbocycles. The Bertz CT molecular complexity index is 848. The first-order valence-corrected chi connectivity index (χ1v) is 10.2. The molecule has 0 unspecified atom stereocenters. The van der Waals surface area contributed by atoms with Crippen molar-refractivity contribution < 1.29 is 14.0 Å². The average Bonchev–Trinajstić information content (AvgIpc) is 2.79. The van der Waals surface area contributed by atoms with Crippen molar-refractivity contribution in [1.82, 2.24) is 9.80 Å². The molecular formula is C23H26FN3O2. The van der Waals surface area contributed by atoms with Crippen molar-refractivity contribution in [1.29, 1.82) is 0 Å². The maximum absolute atomic E-state index is 13.1. The van der Waals surface area contributed by atoms with Crippen molar-refractivity contribution in [2.75, 3.05) is 44.2 Å². The van der Waals surface area contributed by atoms with Crippen LogP contribution in [0, 0.1) is 5.82 Å². The maximum Gasteiger partial charge on any atom is 0.295 e. The van der Waals surface area contributed by atoms with E-state index in [4.69, 9.17) is 0 Å². The number of ketones is 1. The van der Waals surface area contributed by atoms with Crippen molar-refractivity contribution in [3.8, 4) is 0 Å². The fourth-order valence-corrected chi connectivity index (χ4v) is 4.29. The van der Waals surface area contributed by atoms with Crippen LogP contribution in [0.1, 0.15) is 23.2 Å². The van der Waals surface area contributed by atoms with E-state index in [0.717, 1.165) is 44.7 Å². The van der Waals surface area contributed by atoms with Gasteiger partial charge in [0.15, 0.2) is 0 Å². The Morgan fingerprint density at radius 2 is 1.55 bits per heavy atom. The van der Waals surface area contributed by atoms with Gasteiger partial charge in [-0.2, -0.15) is 0 Å². The number of rotatable bonds is 4. The minimum Gasteiger partial charge on any atom is -0.369 e. The van der Waals surface area contributed by atoms with Gasteiger partial charge in [0.25, 0.3) is 5.91 Å². The van der Waals surface area contributed by atoms with Gasteiger partial charge < -0.3 is 9.80 Å². The van der Waals surface area contributed by atoms with Gasteiger partial charge in [0.05, 0.1) is 0 Å². The zero-order valence-corrected chi connectivity index (χ0v) is 16.5. The van der Waals surface area contributed by atoms with Gasteiger partial charge in [0, 0.05) is 56.6 Å². The topological polar surface area (TPSA) is 43.9 Å². The van der Waals surface area contributed by atoms with E-state index in [1.165, 1.54) is 12.1 Å². The summed E-state index contributed by atoms with van der Waals surface area (Å²) in [6.07, 6.45) is 1.95. The predicted molar refractivity (Wildman–Crippen MR) is 111 cm³/mol. The van der Waals surface area contributed by atoms with E-state index in [9.17, 15) is 14.0 Å². The van der Waals surface area contributed by atoms with Crippen molar-refractivity contribution in [3.05, 3.63) is 66.0 Å². The Morgan fingerprint density at radius 1 is 0.862 bits per heavy atom. The van der Waals surface area contributed by atoms with Crippen LogP contribution in [0.15, 0.2) is 54.6 Å². The summed E-state index contributed by atoms with van der Waals surface area (Å²) >= 11 is 0. The summed E-state index contributed by atoms with van der Waals surface area (Å²) in [5, 5.41) is 0. The fourth-order valence-electron chi connectivity index (χ4n) is 4.29. The third-order valence-corrected chi connectivity index (χ3v) is 5.94. The molecule has 0 N–H and O–H groups in total. The zero-order chi connectivity index (χ0) is 20.2. The van der Waals surface area contributed by atoms with Gasteiger partial charge >= 0.3 is 0 Å². The molecule has 4 rings (SSSR count). The highest BCUT2D eigenvalue weighted by molar-refractivity contribution is 6.42. The molecule has 0 spiro atoms. The zero-order valence-electron chi connectivity index (χ0n) is 16.5. The summed E-state index contributed by atoms with van der Waals surface area (Å²) in [5.41, 5.74) is 1.49. The number of halogens is 1. The van der Waals surface area contributed by atoms with Crippen LogP contribution >= 0.6 is 0 Å². The normalized spacial score (nSPS) is 20.5. The molecule has 2 aliphatic rings. The number of nitrogens with zero attached hydrogens (tertiary/aromatic N) is 3. The molecule has 1 amide bonds.